The first-order chi connectivity index (χ1) is 16.5. The van der Waals surface area contributed by atoms with Crippen LogP contribution in [0.5, 0.6) is 0 Å². The quantitative estimate of drug-likeness (QED) is 0.516. The fraction of sp³-hybridized carbons (Fsp3) is 0.500. The normalized spacial score (nSPS) is 23.6. The van der Waals surface area contributed by atoms with Gasteiger partial charge in [-0.3, -0.25) is 14.1 Å². The Kier molecular flexibility index (Phi) is 6.06. The molecule has 2 aliphatic rings. The summed E-state index contributed by atoms with van der Waals surface area (Å²) in [5.74, 6) is 1.82. The Morgan fingerprint density at radius 3 is 2.85 bits per heavy atom. The van der Waals surface area contributed by atoms with Crippen molar-refractivity contribution in [1.82, 2.24) is 29.8 Å². The van der Waals surface area contributed by atoms with E-state index < -0.39 is 0 Å². The zero-order chi connectivity index (χ0) is 23.7. The summed E-state index contributed by atoms with van der Waals surface area (Å²) >= 11 is 0. The van der Waals surface area contributed by atoms with Crippen LogP contribution in [0, 0.1) is 11.8 Å². The zero-order valence-corrected chi connectivity index (χ0v) is 20.2. The molecule has 0 bridgehead atoms. The van der Waals surface area contributed by atoms with Crippen LogP contribution in [0.4, 0.5) is 0 Å². The third-order valence-electron chi connectivity index (χ3n) is 7.43. The van der Waals surface area contributed by atoms with Gasteiger partial charge in [-0.25, -0.2) is 9.89 Å². The largest absolute Gasteiger partial charge is 0.328 e. The predicted octanol–water partition coefficient (Wildman–Crippen LogP) is 4.32. The first-order valence-corrected chi connectivity index (χ1v) is 12.4. The van der Waals surface area contributed by atoms with E-state index in [4.69, 9.17) is 0 Å². The molecule has 1 aliphatic carbocycles. The van der Waals surface area contributed by atoms with Crippen LogP contribution in [-0.4, -0.2) is 36.0 Å². The summed E-state index contributed by atoms with van der Waals surface area (Å²) in [4.78, 5) is 18.1. The maximum absolute atomic E-state index is 13.7. The Balaban J connectivity index is 1.55. The molecule has 5 rings (SSSR count). The molecule has 3 aromatic rings. The molecule has 8 heteroatoms. The topological polar surface area (TPSA) is 93.7 Å². The van der Waals surface area contributed by atoms with Crippen molar-refractivity contribution < 1.29 is 0 Å². The molecular weight excluding hydrogens is 426 g/mol. The van der Waals surface area contributed by atoms with Gasteiger partial charge in [0.25, 0.3) is 0 Å². The third kappa shape index (κ3) is 4.17. The standard InChI is InChI=1S/C26H33N7O/c1-4-5-9-21-16-32(23-15-22(23)18(2)3)25(34)33(21)17-26(10-12-27-13-11-26)20-8-6-7-19(14-20)24-28-30-31-29-24/h6-8,10,12-14,16,18,22-23H,4-5,9,11,15,17H2,1-3H3,(H,28,29,30,31). The average molecular weight is 460 g/mol. The summed E-state index contributed by atoms with van der Waals surface area (Å²) in [5, 5.41) is 14.4. The summed E-state index contributed by atoms with van der Waals surface area (Å²) in [7, 11) is 0. The van der Waals surface area contributed by atoms with Crippen molar-refractivity contribution in [3.05, 3.63) is 64.5 Å². The van der Waals surface area contributed by atoms with Gasteiger partial charge in [0.05, 0.1) is 0 Å². The molecule has 3 unspecified atom stereocenters. The number of hydrogen-bond donors (Lipinski definition) is 1. The molecule has 1 fully saturated rings. The van der Waals surface area contributed by atoms with Gasteiger partial charge in [0.2, 0.25) is 0 Å². The van der Waals surface area contributed by atoms with Crippen molar-refractivity contribution in [2.45, 2.75) is 70.9 Å². The van der Waals surface area contributed by atoms with E-state index >= 15 is 0 Å². The smallest absolute Gasteiger partial charge is 0.296 e. The Labute approximate surface area is 199 Å². The summed E-state index contributed by atoms with van der Waals surface area (Å²) in [6.45, 7) is 7.28. The molecule has 0 amide bonds. The molecule has 1 N–H and O–H groups in total. The Bertz CT molecular complexity index is 1250. The van der Waals surface area contributed by atoms with Gasteiger partial charge in [0.15, 0.2) is 5.82 Å². The van der Waals surface area contributed by atoms with Crippen LogP contribution in [0.3, 0.4) is 0 Å². The number of aromatic amines is 1. The van der Waals surface area contributed by atoms with E-state index in [0.717, 1.165) is 48.9 Å². The second kappa shape index (κ2) is 9.16. The first kappa shape index (κ1) is 22.5. The van der Waals surface area contributed by atoms with Gasteiger partial charge in [-0.2, -0.15) is 0 Å². The highest BCUT2D eigenvalue weighted by Gasteiger charge is 2.42. The van der Waals surface area contributed by atoms with Crippen molar-refractivity contribution >= 4 is 6.21 Å². The fourth-order valence-electron chi connectivity index (χ4n) is 5.24. The molecule has 8 nitrogen and oxygen atoms in total. The van der Waals surface area contributed by atoms with Gasteiger partial charge in [0.1, 0.15) is 0 Å². The van der Waals surface area contributed by atoms with E-state index in [1.807, 2.05) is 33.7 Å². The maximum atomic E-state index is 13.7. The van der Waals surface area contributed by atoms with Crippen LogP contribution in [0.1, 0.15) is 63.8 Å². The molecular formula is C26H33N7O. The number of aliphatic imine (C=N–C) groups is 1. The summed E-state index contributed by atoms with van der Waals surface area (Å²) in [5.41, 5.74) is 2.92. The number of aryl methyl sites for hydroxylation is 1. The van der Waals surface area contributed by atoms with E-state index in [9.17, 15) is 4.79 Å². The lowest BCUT2D eigenvalue weighted by Crippen LogP contribution is -2.37. The van der Waals surface area contributed by atoms with Gasteiger partial charge in [0, 0.05) is 47.9 Å². The molecule has 0 radical (unpaired) electrons. The Hall–Kier alpha value is -3.29. The molecule has 3 atom stereocenters. The lowest BCUT2D eigenvalue weighted by molar-refractivity contribution is 0.431. The SMILES string of the molecule is CCCCc1cn(C2CC2C(C)C)c(=O)n1CC1(c2cccc(-c3nnn[nH]3)c2)C=CN=CC1. The van der Waals surface area contributed by atoms with Crippen LogP contribution in [0.15, 0.2) is 52.5 Å². The van der Waals surface area contributed by atoms with Gasteiger partial charge in [-0.05, 0) is 59.6 Å². The third-order valence-corrected chi connectivity index (χ3v) is 7.43. The highest BCUT2D eigenvalue weighted by molar-refractivity contribution is 5.65. The average Bonchev–Trinajstić information content (AvgIpc) is 3.34. The number of hydrogen-bond acceptors (Lipinski definition) is 5. The molecule has 1 aliphatic heterocycles. The minimum Gasteiger partial charge on any atom is -0.296 e. The second-order valence-corrected chi connectivity index (χ2v) is 10.0. The molecule has 2 aromatic heterocycles. The minimum atomic E-state index is -0.372. The van der Waals surface area contributed by atoms with Gasteiger partial charge >= 0.3 is 5.69 Å². The monoisotopic (exact) mass is 459 g/mol. The Morgan fingerprint density at radius 1 is 1.29 bits per heavy atom. The van der Waals surface area contributed by atoms with Crippen LogP contribution in [0.2, 0.25) is 0 Å². The highest BCUT2D eigenvalue weighted by Crippen LogP contribution is 2.47. The zero-order valence-electron chi connectivity index (χ0n) is 20.2. The number of allylic oxidation sites excluding steroid dienone is 1. The summed E-state index contributed by atoms with van der Waals surface area (Å²) in [6, 6.07) is 8.60. The van der Waals surface area contributed by atoms with Crippen molar-refractivity contribution in [1.29, 1.82) is 0 Å². The number of rotatable bonds is 9. The number of tetrazole rings is 1. The van der Waals surface area contributed by atoms with Crippen LogP contribution in [-0.2, 0) is 18.4 Å². The lowest BCUT2D eigenvalue weighted by atomic mass is 9.76. The molecule has 34 heavy (non-hydrogen) atoms. The lowest BCUT2D eigenvalue weighted by Gasteiger charge is -2.32. The van der Waals surface area contributed by atoms with E-state index in [1.165, 1.54) is 0 Å². The van der Waals surface area contributed by atoms with E-state index in [0.29, 0.717) is 30.2 Å². The molecule has 1 aromatic carbocycles. The van der Waals surface area contributed by atoms with E-state index in [-0.39, 0.29) is 11.1 Å². The van der Waals surface area contributed by atoms with Gasteiger partial charge in [-0.1, -0.05) is 51.5 Å². The van der Waals surface area contributed by atoms with Crippen LogP contribution in [0.25, 0.3) is 11.4 Å². The number of aromatic nitrogens is 6. The van der Waals surface area contributed by atoms with Crippen molar-refractivity contribution in [3.63, 3.8) is 0 Å². The second-order valence-electron chi connectivity index (χ2n) is 10.0. The van der Waals surface area contributed by atoms with Gasteiger partial charge in [-0.15, -0.1) is 5.10 Å². The molecule has 3 heterocycles. The predicted molar refractivity (Wildman–Crippen MR) is 133 cm³/mol. The number of benzene rings is 1. The van der Waals surface area contributed by atoms with E-state index in [2.05, 4.69) is 70.8 Å². The first-order valence-electron chi connectivity index (χ1n) is 12.4. The maximum Gasteiger partial charge on any atom is 0.328 e. The van der Waals surface area contributed by atoms with Gasteiger partial charge < -0.3 is 0 Å². The molecule has 0 spiro atoms. The van der Waals surface area contributed by atoms with Crippen molar-refractivity contribution in [3.8, 4) is 11.4 Å². The molecule has 0 saturated heterocycles. The van der Waals surface area contributed by atoms with Crippen molar-refractivity contribution in [2.75, 3.05) is 0 Å². The number of unbranched alkanes of at least 4 members (excludes halogenated alkanes) is 1. The summed E-state index contributed by atoms with van der Waals surface area (Å²) < 4.78 is 4.04. The highest BCUT2D eigenvalue weighted by atomic mass is 16.1. The number of imidazole rings is 1. The fourth-order valence-corrected chi connectivity index (χ4v) is 5.24. The number of nitrogens with zero attached hydrogens (tertiary/aromatic N) is 6. The summed E-state index contributed by atoms with van der Waals surface area (Å²) in [6.07, 6.45) is 13.0. The van der Waals surface area contributed by atoms with Crippen LogP contribution < -0.4 is 5.69 Å². The number of nitrogens with one attached hydrogen (secondary N) is 1. The van der Waals surface area contributed by atoms with Crippen molar-refractivity contribution in [2.24, 2.45) is 16.8 Å². The Morgan fingerprint density at radius 2 is 2.18 bits per heavy atom. The molecule has 1 saturated carbocycles. The van der Waals surface area contributed by atoms with E-state index in [1.54, 1.807) is 0 Å². The molecule has 178 valence electrons. The minimum absolute atomic E-state index is 0.116. The number of H-pyrrole nitrogens is 1. The van der Waals surface area contributed by atoms with Crippen LogP contribution >= 0.6 is 0 Å².